The van der Waals surface area contributed by atoms with Crippen molar-refractivity contribution in [2.24, 2.45) is 0 Å². The van der Waals surface area contributed by atoms with Gasteiger partial charge in [0.1, 0.15) is 5.75 Å². The van der Waals surface area contributed by atoms with Crippen molar-refractivity contribution in [3.63, 3.8) is 0 Å². The van der Waals surface area contributed by atoms with Crippen LogP contribution in [0.1, 0.15) is 23.6 Å². The van der Waals surface area contributed by atoms with Crippen molar-refractivity contribution in [3.8, 4) is 5.75 Å². The van der Waals surface area contributed by atoms with Gasteiger partial charge in [-0.05, 0) is 51.0 Å². The first-order valence-corrected chi connectivity index (χ1v) is 9.09. The second-order valence-electron chi connectivity index (χ2n) is 6.23. The summed E-state index contributed by atoms with van der Waals surface area (Å²) in [6.45, 7) is 6.97. The van der Waals surface area contributed by atoms with Crippen LogP contribution >= 0.6 is 23.2 Å². The van der Waals surface area contributed by atoms with Crippen molar-refractivity contribution in [1.29, 1.82) is 0 Å². The van der Waals surface area contributed by atoms with E-state index in [1.54, 1.807) is 18.2 Å². The fourth-order valence-electron chi connectivity index (χ4n) is 2.65. The third-order valence-corrected chi connectivity index (χ3v) is 4.46. The molecule has 0 aliphatic carbocycles. The van der Waals surface area contributed by atoms with E-state index in [1.807, 2.05) is 32.9 Å². The molecule has 7 heteroatoms. The van der Waals surface area contributed by atoms with E-state index in [0.717, 1.165) is 16.7 Å². The zero-order valence-corrected chi connectivity index (χ0v) is 17.1. The molecule has 0 bridgehead atoms. The van der Waals surface area contributed by atoms with Crippen LogP contribution in [0.3, 0.4) is 0 Å². The predicted molar refractivity (Wildman–Crippen MR) is 107 cm³/mol. The molecule has 0 aliphatic heterocycles. The van der Waals surface area contributed by atoms with Crippen LogP contribution in [0.25, 0.3) is 0 Å². The predicted octanol–water partition coefficient (Wildman–Crippen LogP) is 4.87. The molecule has 1 N–H and O–H groups in total. The highest BCUT2D eigenvalue weighted by Crippen LogP contribution is 2.30. The summed E-state index contributed by atoms with van der Waals surface area (Å²) in [7, 11) is 0. The van der Waals surface area contributed by atoms with E-state index in [1.165, 1.54) is 6.92 Å². The summed E-state index contributed by atoms with van der Waals surface area (Å²) in [6.07, 6.45) is -1.03. The van der Waals surface area contributed by atoms with Gasteiger partial charge in [-0.1, -0.05) is 47.0 Å². The molecule has 27 heavy (non-hydrogen) atoms. The molecule has 0 fully saturated rings. The Labute approximate surface area is 168 Å². The molecule has 2 aromatic rings. The average Bonchev–Trinajstić information content (AvgIpc) is 2.57. The van der Waals surface area contributed by atoms with Gasteiger partial charge < -0.3 is 14.8 Å². The van der Waals surface area contributed by atoms with Gasteiger partial charge in [-0.25, -0.2) is 4.79 Å². The molecule has 1 amide bonds. The molecule has 0 aliphatic rings. The molecule has 0 heterocycles. The van der Waals surface area contributed by atoms with Gasteiger partial charge in [0.05, 0.1) is 15.7 Å². The Morgan fingerprint density at radius 1 is 1.07 bits per heavy atom. The van der Waals surface area contributed by atoms with Crippen LogP contribution in [0, 0.1) is 20.8 Å². The van der Waals surface area contributed by atoms with Crippen molar-refractivity contribution < 1.29 is 19.1 Å². The minimum atomic E-state index is -1.03. The molecular weight excluding hydrogens is 389 g/mol. The van der Waals surface area contributed by atoms with Gasteiger partial charge in [0.15, 0.2) is 12.7 Å². The molecule has 0 unspecified atom stereocenters. The topological polar surface area (TPSA) is 64.6 Å². The lowest BCUT2D eigenvalue weighted by atomic mass is 10.1. The highest BCUT2D eigenvalue weighted by Gasteiger charge is 2.20. The van der Waals surface area contributed by atoms with Crippen molar-refractivity contribution in [3.05, 3.63) is 57.1 Å². The maximum Gasteiger partial charge on any atom is 0.344 e. The van der Waals surface area contributed by atoms with Crippen LogP contribution in [0.5, 0.6) is 5.75 Å². The number of ether oxygens (including phenoxy) is 2. The number of hydrogen-bond acceptors (Lipinski definition) is 4. The van der Waals surface area contributed by atoms with E-state index in [4.69, 9.17) is 32.7 Å². The van der Waals surface area contributed by atoms with Crippen LogP contribution < -0.4 is 10.1 Å². The van der Waals surface area contributed by atoms with Gasteiger partial charge in [0, 0.05) is 0 Å². The summed E-state index contributed by atoms with van der Waals surface area (Å²) in [5, 5.41) is 3.15. The van der Waals surface area contributed by atoms with Crippen molar-refractivity contribution in [1.82, 2.24) is 0 Å². The van der Waals surface area contributed by atoms with Crippen molar-refractivity contribution >= 4 is 40.8 Å². The molecule has 0 radical (unpaired) electrons. The first-order valence-electron chi connectivity index (χ1n) is 8.34. The van der Waals surface area contributed by atoms with E-state index in [-0.39, 0.29) is 12.3 Å². The van der Waals surface area contributed by atoms with E-state index in [9.17, 15) is 9.59 Å². The van der Waals surface area contributed by atoms with Gasteiger partial charge in [-0.15, -0.1) is 0 Å². The molecule has 2 rings (SSSR count). The Morgan fingerprint density at radius 3 is 2.19 bits per heavy atom. The van der Waals surface area contributed by atoms with Crippen LogP contribution in [0.15, 0.2) is 30.3 Å². The maximum atomic E-state index is 12.2. The molecule has 5 nitrogen and oxygen atoms in total. The van der Waals surface area contributed by atoms with Crippen LogP contribution in [0.4, 0.5) is 5.69 Å². The molecule has 1 atom stereocenters. The van der Waals surface area contributed by atoms with Gasteiger partial charge in [0.25, 0.3) is 5.91 Å². The normalized spacial score (nSPS) is 11.6. The minimum absolute atomic E-state index is 0.274. The lowest BCUT2D eigenvalue weighted by Gasteiger charge is -2.16. The molecule has 2 aromatic carbocycles. The van der Waals surface area contributed by atoms with Gasteiger partial charge >= 0.3 is 5.97 Å². The summed E-state index contributed by atoms with van der Waals surface area (Å²) in [4.78, 5) is 24.3. The third kappa shape index (κ3) is 5.62. The minimum Gasteiger partial charge on any atom is -0.481 e. The van der Waals surface area contributed by atoms with Gasteiger partial charge in [-0.2, -0.15) is 0 Å². The summed E-state index contributed by atoms with van der Waals surface area (Å²) in [5.41, 5.74) is 3.25. The fraction of sp³-hybridized carbons (Fsp3) is 0.300. The molecule has 144 valence electrons. The Hall–Kier alpha value is -2.24. The standard InChI is InChI=1S/C20H21Cl2NO4/c1-11-8-12(2)19(13(3)9-11)26-10-17(24)27-14(4)20(25)23-18-15(21)6-5-7-16(18)22/h5-9,14H,10H2,1-4H3,(H,23,25)/t14-/m1/s1. The number of carbonyl (C=O) groups excluding carboxylic acids is 2. The Morgan fingerprint density at radius 2 is 1.63 bits per heavy atom. The monoisotopic (exact) mass is 409 g/mol. The summed E-state index contributed by atoms with van der Waals surface area (Å²) in [6, 6.07) is 8.80. The van der Waals surface area contributed by atoms with Gasteiger partial charge in [-0.3, -0.25) is 4.79 Å². The van der Waals surface area contributed by atoms with E-state index >= 15 is 0 Å². The first-order chi connectivity index (χ1) is 12.7. The van der Waals surface area contributed by atoms with E-state index in [2.05, 4.69) is 5.32 Å². The zero-order chi connectivity index (χ0) is 20.1. The largest absolute Gasteiger partial charge is 0.481 e. The Bertz CT molecular complexity index is 824. The maximum absolute atomic E-state index is 12.2. The molecule has 0 spiro atoms. The molecule has 0 saturated heterocycles. The second kappa shape index (κ2) is 9.11. The summed E-state index contributed by atoms with van der Waals surface area (Å²) < 4.78 is 10.7. The van der Waals surface area contributed by atoms with Gasteiger partial charge in [0.2, 0.25) is 0 Å². The SMILES string of the molecule is Cc1cc(C)c(OCC(=O)O[C@H](C)C(=O)Nc2c(Cl)cccc2Cl)c(C)c1. The highest BCUT2D eigenvalue weighted by atomic mass is 35.5. The van der Waals surface area contributed by atoms with E-state index < -0.39 is 18.0 Å². The number of anilines is 1. The lowest BCUT2D eigenvalue weighted by Crippen LogP contribution is -2.32. The molecule has 0 saturated carbocycles. The van der Waals surface area contributed by atoms with Crippen LogP contribution in [-0.2, 0) is 14.3 Å². The lowest BCUT2D eigenvalue weighted by molar-refractivity contribution is -0.155. The summed E-state index contributed by atoms with van der Waals surface area (Å²) >= 11 is 12.0. The number of halogens is 2. The number of esters is 1. The first kappa shape index (κ1) is 21.1. The third-order valence-electron chi connectivity index (χ3n) is 3.83. The number of amides is 1. The fourth-order valence-corrected chi connectivity index (χ4v) is 3.14. The van der Waals surface area contributed by atoms with Crippen molar-refractivity contribution in [2.75, 3.05) is 11.9 Å². The Kier molecular flexibility index (Phi) is 7.11. The van der Waals surface area contributed by atoms with Crippen LogP contribution in [-0.4, -0.2) is 24.6 Å². The Balaban J connectivity index is 1.93. The van der Waals surface area contributed by atoms with E-state index in [0.29, 0.717) is 15.8 Å². The number of para-hydroxylation sites is 1. The number of carbonyl (C=O) groups is 2. The second-order valence-corrected chi connectivity index (χ2v) is 7.05. The quantitative estimate of drug-likeness (QED) is 0.691. The number of hydrogen-bond donors (Lipinski definition) is 1. The van der Waals surface area contributed by atoms with Crippen LogP contribution in [0.2, 0.25) is 10.0 Å². The molecular formula is C20H21Cl2NO4. The highest BCUT2D eigenvalue weighted by molar-refractivity contribution is 6.39. The smallest absolute Gasteiger partial charge is 0.344 e. The number of nitrogens with one attached hydrogen (secondary N) is 1. The summed E-state index contributed by atoms with van der Waals surface area (Å²) in [5.74, 6) is -0.555. The average molecular weight is 410 g/mol. The zero-order valence-electron chi connectivity index (χ0n) is 15.6. The van der Waals surface area contributed by atoms with Crippen molar-refractivity contribution in [2.45, 2.75) is 33.8 Å². The molecule has 0 aromatic heterocycles. The number of rotatable bonds is 6. The number of benzene rings is 2. The number of aryl methyl sites for hydroxylation is 3.